The molecule has 0 unspecified atom stereocenters. The molecule has 3 heterocycles. The van der Waals surface area contributed by atoms with Gasteiger partial charge < -0.3 is 18.6 Å². The average Bonchev–Trinajstić information content (AvgIpc) is 3.40. The van der Waals surface area contributed by atoms with Gasteiger partial charge in [-0.3, -0.25) is 4.79 Å². The number of ether oxygens (including phenoxy) is 1. The average molecular weight is 435 g/mol. The number of hydrogen-bond donors (Lipinski definition) is 0. The van der Waals surface area contributed by atoms with Gasteiger partial charge in [-0.05, 0) is 36.6 Å². The van der Waals surface area contributed by atoms with Crippen LogP contribution >= 0.6 is 11.8 Å². The number of para-hydroxylation sites is 2. The topological polar surface area (TPSA) is 73.4 Å². The molecule has 5 rings (SSSR count). The minimum atomic E-state index is 0.0789. The number of carbonyl (C=O) groups excluding carboxylic acids is 1. The summed E-state index contributed by atoms with van der Waals surface area (Å²) < 4.78 is 13.2. The predicted octanol–water partition coefficient (Wildman–Crippen LogP) is 4.31. The Hall–Kier alpha value is -3.26. The molecule has 4 aromatic rings. The first-order valence-electron chi connectivity index (χ1n) is 10.1. The molecule has 1 aliphatic heterocycles. The number of thioether (sulfide) groups is 1. The molecule has 7 nitrogen and oxygen atoms in total. The molecular weight excluding hydrogens is 412 g/mol. The van der Waals surface area contributed by atoms with E-state index in [1.807, 2.05) is 59.0 Å². The minimum absolute atomic E-state index is 0.0789. The molecule has 0 aliphatic carbocycles. The van der Waals surface area contributed by atoms with E-state index in [1.54, 1.807) is 7.11 Å². The van der Waals surface area contributed by atoms with Gasteiger partial charge in [0.05, 0.1) is 12.9 Å². The molecule has 1 aliphatic rings. The highest BCUT2D eigenvalue weighted by Crippen LogP contribution is 2.34. The van der Waals surface area contributed by atoms with Crippen LogP contribution in [0.4, 0.5) is 5.69 Å². The smallest absolute Gasteiger partial charge is 0.237 e. The van der Waals surface area contributed by atoms with E-state index in [9.17, 15) is 4.79 Å². The number of benzene rings is 2. The number of nitrogens with zero attached hydrogens (tertiary/aromatic N) is 4. The Morgan fingerprint density at radius 1 is 1.19 bits per heavy atom. The maximum absolute atomic E-state index is 12.9. The maximum atomic E-state index is 12.9. The summed E-state index contributed by atoms with van der Waals surface area (Å²) in [5.41, 5.74) is 2.93. The van der Waals surface area contributed by atoms with Crippen LogP contribution in [0.15, 0.2) is 58.1 Å². The largest absolute Gasteiger partial charge is 0.493 e. The van der Waals surface area contributed by atoms with Crippen LogP contribution in [0.3, 0.4) is 0 Å². The van der Waals surface area contributed by atoms with Gasteiger partial charge in [0.25, 0.3) is 0 Å². The van der Waals surface area contributed by atoms with E-state index in [2.05, 4.69) is 16.3 Å². The Bertz CT molecular complexity index is 1260. The van der Waals surface area contributed by atoms with Crippen molar-refractivity contribution >= 4 is 34.3 Å². The summed E-state index contributed by atoms with van der Waals surface area (Å²) >= 11 is 1.39. The van der Waals surface area contributed by atoms with Crippen molar-refractivity contribution in [3.63, 3.8) is 0 Å². The summed E-state index contributed by atoms with van der Waals surface area (Å²) in [5, 5.41) is 10.2. The number of amides is 1. The summed E-state index contributed by atoms with van der Waals surface area (Å²) in [6, 6.07) is 15.8. The van der Waals surface area contributed by atoms with Gasteiger partial charge in [0.2, 0.25) is 5.91 Å². The molecular formula is C23H22N4O3S. The molecule has 0 spiro atoms. The molecule has 158 valence electrons. The lowest BCUT2D eigenvalue weighted by molar-refractivity contribution is -0.116. The first-order valence-corrected chi connectivity index (χ1v) is 11.1. The van der Waals surface area contributed by atoms with Crippen molar-refractivity contribution in [3.8, 4) is 17.3 Å². The van der Waals surface area contributed by atoms with Gasteiger partial charge in [-0.15, -0.1) is 10.2 Å². The van der Waals surface area contributed by atoms with E-state index in [1.165, 1.54) is 17.3 Å². The zero-order valence-electron chi connectivity index (χ0n) is 17.4. The standard InChI is InChI=1S/C23H22N4O3S/c1-26-22(19-13-16-8-5-11-18(29-2)21(16)30-19)24-25-23(26)31-14-20(28)27-12-6-9-15-7-3-4-10-17(15)27/h3-5,7-8,10-11,13H,6,9,12,14H2,1-2H3. The number of rotatable bonds is 5. The predicted molar refractivity (Wildman–Crippen MR) is 121 cm³/mol. The van der Waals surface area contributed by atoms with Crippen molar-refractivity contribution in [1.29, 1.82) is 0 Å². The molecule has 0 saturated carbocycles. The molecule has 0 radical (unpaired) electrons. The van der Waals surface area contributed by atoms with Gasteiger partial charge >= 0.3 is 0 Å². The van der Waals surface area contributed by atoms with Crippen molar-refractivity contribution < 1.29 is 13.9 Å². The summed E-state index contributed by atoms with van der Waals surface area (Å²) in [4.78, 5) is 14.8. The molecule has 31 heavy (non-hydrogen) atoms. The van der Waals surface area contributed by atoms with Crippen molar-refractivity contribution in [2.45, 2.75) is 18.0 Å². The third kappa shape index (κ3) is 3.57. The molecule has 1 amide bonds. The number of aryl methyl sites for hydroxylation is 1. The second-order valence-electron chi connectivity index (χ2n) is 7.42. The number of furan rings is 1. The molecule has 8 heteroatoms. The molecule has 0 atom stereocenters. The van der Waals surface area contributed by atoms with Crippen molar-refractivity contribution in [3.05, 3.63) is 54.1 Å². The van der Waals surface area contributed by atoms with E-state index in [0.29, 0.717) is 33.8 Å². The van der Waals surface area contributed by atoms with Gasteiger partial charge in [0, 0.05) is 24.7 Å². The second kappa shape index (κ2) is 8.11. The number of hydrogen-bond acceptors (Lipinski definition) is 6. The van der Waals surface area contributed by atoms with Crippen molar-refractivity contribution in [1.82, 2.24) is 14.8 Å². The fourth-order valence-corrected chi connectivity index (χ4v) is 4.75. The van der Waals surface area contributed by atoms with Crippen molar-refractivity contribution in [2.24, 2.45) is 7.05 Å². The van der Waals surface area contributed by atoms with Crippen LogP contribution in [0, 0.1) is 0 Å². The molecule has 2 aromatic heterocycles. The Labute approximate surface area is 184 Å². The zero-order chi connectivity index (χ0) is 21.4. The SMILES string of the molecule is COc1cccc2cc(-c3nnc(SCC(=O)N4CCCc5ccccc54)n3C)oc12. The van der Waals surface area contributed by atoms with E-state index < -0.39 is 0 Å². The third-order valence-corrected chi connectivity index (χ3v) is 6.52. The monoisotopic (exact) mass is 434 g/mol. The highest BCUT2D eigenvalue weighted by molar-refractivity contribution is 7.99. The minimum Gasteiger partial charge on any atom is -0.493 e. The Morgan fingerprint density at radius 2 is 2.06 bits per heavy atom. The molecule has 0 N–H and O–H groups in total. The summed E-state index contributed by atoms with van der Waals surface area (Å²) in [5.74, 6) is 2.27. The summed E-state index contributed by atoms with van der Waals surface area (Å²) in [7, 11) is 3.49. The lowest BCUT2D eigenvalue weighted by Crippen LogP contribution is -2.36. The summed E-state index contributed by atoms with van der Waals surface area (Å²) in [6.07, 6.45) is 2.00. The summed E-state index contributed by atoms with van der Waals surface area (Å²) in [6.45, 7) is 0.751. The number of methoxy groups -OCH3 is 1. The fourth-order valence-electron chi connectivity index (χ4n) is 3.96. The number of fused-ring (bicyclic) bond motifs is 2. The van der Waals surface area contributed by atoms with Gasteiger partial charge in [0.1, 0.15) is 0 Å². The lowest BCUT2D eigenvalue weighted by Gasteiger charge is -2.29. The van der Waals surface area contributed by atoms with Crippen LogP contribution < -0.4 is 9.64 Å². The highest BCUT2D eigenvalue weighted by atomic mass is 32.2. The number of anilines is 1. The zero-order valence-corrected chi connectivity index (χ0v) is 18.2. The van der Waals surface area contributed by atoms with Crippen LogP contribution in [0.2, 0.25) is 0 Å². The Morgan fingerprint density at radius 3 is 2.94 bits per heavy atom. The first-order chi connectivity index (χ1) is 15.2. The second-order valence-corrected chi connectivity index (χ2v) is 8.36. The van der Waals surface area contributed by atoms with Crippen LogP contribution in [0.5, 0.6) is 5.75 Å². The molecule has 2 aromatic carbocycles. The molecule has 0 bridgehead atoms. The van der Waals surface area contributed by atoms with E-state index in [4.69, 9.17) is 9.15 Å². The van der Waals surface area contributed by atoms with Crippen LogP contribution in [-0.4, -0.2) is 40.1 Å². The Kier molecular flexibility index (Phi) is 5.15. The van der Waals surface area contributed by atoms with Crippen LogP contribution in [0.25, 0.3) is 22.6 Å². The molecule has 0 fully saturated rings. The van der Waals surface area contributed by atoms with E-state index in [-0.39, 0.29) is 5.91 Å². The quantitative estimate of drug-likeness (QED) is 0.436. The first kappa shape index (κ1) is 19.7. The van der Waals surface area contributed by atoms with Gasteiger partial charge in [-0.2, -0.15) is 0 Å². The number of carbonyl (C=O) groups is 1. The Balaban J connectivity index is 1.34. The normalized spacial score (nSPS) is 13.4. The van der Waals surface area contributed by atoms with Crippen molar-refractivity contribution in [2.75, 3.05) is 24.3 Å². The molecule has 0 saturated heterocycles. The van der Waals surface area contributed by atoms with Gasteiger partial charge in [-0.25, -0.2) is 0 Å². The van der Waals surface area contributed by atoms with Gasteiger partial charge in [-0.1, -0.05) is 42.1 Å². The number of aromatic nitrogens is 3. The lowest BCUT2D eigenvalue weighted by atomic mass is 10.0. The van der Waals surface area contributed by atoms with Crippen LogP contribution in [-0.2, 0) is 18.3 Å². The van der Waals surface area contributed by atoms with E-state index >= 15 is 0 Å². The third-order valence-electron chi connectivity index (χ3n) is 5.52. The van der Waals surface area contributed by atoms with Gasteiger partial charge in [0.15, 0.2) is 28.1 Å². The van der Waals surface area contributed by atoms with E-state index in [0.717, 1.165) is 30.5 Å². The maximum Gasteiger partial charge on any atom is 0.237 e. The van der Waals surface area contributed by atoms with Crippen LogP contribution in [0.1, 0.15) is 12.0 Å². The highest BCUT2D eigenvalue weighted by Gasteiger charge is 2.23. The fraction of sp³-hybridized carbons (Fsp3) is 0.261.